The Labute approximate surface area is 108 Å². The largest absolute Gasteiger partial charge is 0.512 e. The van der Waals surface area contributed by atoms with Crippen LogP contribution in [0.3, 0.4) is 0 Å². The third-order valence-electron chi connectivity index (χ3n) is 3.91. The van der Waals surface area contributed by atoms with E-state index < -0.39 is 18.3 Å². The second-order valence-electron chi connectivity index (χ2n) is 5.70. The van der Waals surface area contributed by atoms with Crippen molar-refractivity contribution in [2.24, 2.45) is 0 Å². The van der Waals surface area contributed by atoms with Crippen molar-refractivity contribution >= 4 is 12.7 Å². The normalized spacial score (nSPS) is 21.3. The van der Waals surface area contributed by atoms with Crippen molar-refractivity contribution in [1.82, 2.24) is 4.98 Å². The molecule has 2 rings (SSSR count). The fourth-order valence-corrected chi connectivity index (χ4v) is 2.00. The number of hydrogen-bond acceptors (Lipinski definition) is 3. The van der Waals surface area contributed by atoms with Crippen molar-refractivity contribution in [3.63, 3.8) is 0 Å². The summed E-state index contributed by atoms with van der Waals surface area (Å²) in [7, 11) is -0.501. The number of aromatic nitrogens is 1. The van der Waals surface area contributed by atoms with E-state index in [2.05, 4.69) is 4.98 Å². The van der Waals surface area contributed by atoms with E-state index in [1.54, 1.807) is 0 Å². The fourth-order valence-electron chi connectivity index (χ4n) is 2.00. The summed E-state index contributed by atoms with van der Waals surface area (Å²) in [4.78, 5) is 14.3. The van der Waals surface area contributed by atoms with Crippen LogP contribution in [0.25, 0.3) is 0 Å². The summed E-state index contributed by atoms with van der Waals surface area (Å²) in [6.45, 7) is 10.0. The average Bonchev–Trinajstić information content (AvgIpc) is 2.48. The number of H-pyrrole nitrogens is 1. The predicted octanol–water partition coefficient (Wildman–Crippen LogP) is 1.24. The van der Waals surface area contributed by atoms with Crippen molar-refractivity contribution in [2.75, 3.05) is 0 Å². The molecule has 0 amide bonds. The molecule has 0 spiro atoms. The molecule has 1 aliphatic heterocycles. The first-order valence-electron chi connectivity index (χ1n) is 6.34. The molecule has 1 aromatic heterocycles. The van der Waals surface area contributed by atoms with Gasteiger partial charge < -0.3 is 14.3 Å². The Morgan fingerprint density at radius 3 is 2.22 bits per heavy atom. The molecule has 0 saturated carbocycles. The van der Waals surface area contributed by atoms with Gasteiger partial charge >= 0.3 is 7.12 Å². The minimum absolute atomic E-state index is 0.128. The smallest absolute Gasteiger partial charge is 0.398 e. The summed E-state index contributed by atoms with van der Waals surface area (Å²) >= 11 is 0. The van der Waals surface area contributed by atoms with Gasteiger partial charge in [-0.05, 0) is 39.7 Å². The van der Waals surface area contributed by atoms with E-state index in [0.717, 1.165) is 17.6 Å². The van der Waals surface area contributed by atoms with Crippen LogP contribution in [0, 0.1) is 0 Å². The summed E-state index contributed by atoms with van der Waals surface area (Å²) in [6, 6.07) is 3.37. The SMILES string of the molecule is CCc1ccc(=O)[nH]c1B1OC(C)(C)C(C)(C)O1. The summed E-state index contributed by atoms with van der Waals surface area (Å²) in [6.07, 6.45) is 0.830. The van der Waals surface area contributed by atoms with Crippen molar-refractivity contribution in [3.05, 3.63) is 28.0 Å². The Hall–Kier alpha value is -1.07. The van der Waals surface area contributed by atoms with E-state index in [1.807, 2.05) is 40.7 Å². The van der Waals surface area contributed by atoms with Gasteiger partial charge in [-0.15, -0.1) is 0 Å². The molecule has 0 aliphatic carbocycles. The van der Waals surface area contributed by atoms with Crippen LogP contribution < -0.4 is 11.2 Å². The van der Waals surface area contributed by atoms with Crippen LogP contribution in [-0.2, 0) is 15.7 Å². The molecule has 1 N–H and O–H groups in total. The number of hydrogen-bond donors (Lipinski definition) is 1. The van der Waals surface area contributed by atoms with Crippen molar-refractivity contribution in [2.45, 2.75) is 52.2 Å². The average molecular weight is 249 g/mol. The van der Waals surface area contributed by atoms with E-state index in [-0.39, 0.29) is 5.56 Å². The molecule has 98 valence electrons. The van der Waals surface area contributed by atoms with Gasteiger partial charge in [-0.1, -0.05) is 13.0 Å². The van der Waals surface area contributed by atoms with Crippen molar-refractivity contribution < 1.29 is 9.31 Å². The molecule has 0 bridgehead atoms. The van der Waals surface area contributed by atoms with E-state index in [1.165, 1.54) is 6.07 Å². The van der Waals surface area contributed by atoms with Crippen LogP contribution in [0.2, 0.25) is 0 Å². The zero-order chi connectivity index (χ0) is 13.6. The van der Waals surface area contributed by atoms with Gasteiger partial charge in [-0.2, -0.15) is 0 Å². The molecule has 0 atom stereocenters. The first kappa shape index (κ1) is 13.4. The Balaban J connectivity index is 2.40. The monoisotopic (exact) mass is 249 g/mol. The molecular formula is C13H20BNO3. The summed E-state index contributed by atoms with van der Waals surface area (Å²) in [5, 5.41) is 0. The van der Waals surface area contributed by atoms with Gasteiger partial charge in [-0.25, -0.2) is 0 Å². The van der Waals surface area contributed by atoms with Crippen molar-refractivity contribution in [1.29, 1.82) is 0 Å². The molecule has 4 nitrogen and oxygen atoms in total. The molecule has 0 aromatic carbocycles. The van der Waals surface area contributed by atoms with Crippen LogP contribution in [0.5, 0.6) is 0 Å². The number of aryl methyl sites for hydroxylation is 1. The Morgan fingerprint density at radius 2 is 1.72 bits per heavy atom. The topological polar surface area (TPSA) is 51.3 Å². The molecule has 0 unspecified atom stereocenters. The Morgan fingerprint density at radius 1 is 1.17 bits per heavy atom. The summed E-state index contributed by atoms with van der Waals surface area (Å²) in [5.74, 6) is 0. The highest BCUT2D eigenvalue weighted by molar-refractivity contribution is 6.61. The lowest BCUT2D eigenvalue weighted by atomic mass is 9.80. The second-order valence-corrected chi connectivity index (χ2v) is 5.70. The third-order valence-corrected chi connectivity index (χ3v) is 3.91. The first-order valence-corrected chi connectivity index (χ1v) is 6.34. The molecule has 2 heterocycles. The minimum atomic E-state index is -0.501. The van der Waals surface area contributed by atoms with E-state index in [9.17, 15) is 4.79 Å². The van der Waals surface area contributed by atoms with Crippen LogP contribution >= 0.6 is 0 Å². The Kier molecular flexibility index (Phi) is 3.15. The lowest BCUT2D eigenvalue weighted by Gasteiger charge is -2.32. The maximum Gasteiger partial charge on any atom is 0.512 e. The van der Waals surface area contributed by atoms with Gasteiger partial charge in [0.2, 0.25) is 5.56 Å². The molecule has 1 fully saturated rings. The van der Waals surface area contributed by atoms with E-state index in [4.69, 9.17) is 9.31 Å². The molecule has 18 heavy (non-hydrogen) atoms. The number of pyridine rings is 1. The van der Waals surface area contributed by atoms with Gasteiger partial charge in [0.1, 0.15) is 0 Å². The lowest BCUT2D eigenvalue weighted by Crippen LogP contribution is -2.41. The molecule has 0 radical (unpaired) electrons. The fraction of sp³-hybridized carbons (Fsp3) is 0.615. The highest BCUT2D eigenvalue weighted by Gasteiger charge is 2.52. The van der Waals surface area contributed by atoms with Gasteiger partial charge in [0.25, 0.3) is 0 Å². The maximum atomic E-state index is 11.5. The highest BCUT2D eigenvalue weighted by atomic mass is 16.7. The van der Waals surface area contributed by atoms with Gasteiger partial charge in [0.05, 0.1) is 16.8 Å². The lowest BCUT2D eigenvalue weighted by molar-refractivity contribution is 0.00578. The third kappa shape index (κ3) is 2.13. The predicted molar refractivity (Wildman–Crippen MR) is 72.2 cm³/mol. The van der Waals surface area contributed by atoms with Gasteiger partial charge in [-0.3, -0.25) is 4.79 Å². The number of rotatable bonds is 2. The van der Waals surface area contributed by atoms with Crippen LogP contribution in [0.1, 0.15) is 40.2 Å². The molecule has 1 saturated heterocycles. The summed E-state index contributed by atoms with van der Waals surface area (Å²) in [5.41, 5.74) is 0.874. The minimum Gasteiger partial charge on any atom is -0.398 e. The molecule has 1 aromatic rings. The zero-order valence-electron chi connectivity index (χ0n) is 11.7. The zero-order valence-corrected chi connectivity index (χ0v) is 11.7. The standard InChI is InChI=1S/C13H20BNO3/c1-6-9-7-8-10(16)15-11(9)14-17-12(2,3)13(4,5)18-14/h7-8H,6H2,1-5H3,(H,15,16). The van der Waals surface area contributed by atoms with Crippen LogP contribution in [0.15, 0.2) is 16.9 Å². The number of aromatic amines is 1. The van der Waals surface area contributed by atoms with Gasteiger partial charge in [0.15, 0.2) is 0 Å². The van der Waals surface area contributed by atoms with Crippen LogP contribution in [0.4, 0.5) is 0 Å². The molecule has 5 heteroatoms. The summed E-state index contributed by atoms with van der Waals surface area (Å²) < 4.78 is 11.9. The van der Waals surface area contributed by atoms with Crippen LogP contribution in [-0.4, -0.2) is 23.3 Å². The van der Waals surface area contributed by atoms with E-state index >= 15 is 0 Å². The first-order chi connectivity index (χ1) is 8.27. The highest BCUT2D eigenvalue weighted by Crippen LogP contribution is 2.36. The second kappa shape index (κ2) is 4.25. The van der Waals surface area contributed by atoms with Gasteiger partial charge in [0, 0.05) is 6.07 Å². The quantitative estimate of drug-likeness (QED) is 0.802. The molecular weight excluding hydrogens is 229 g/mol. The van der Waals surface area contributed by atoms with Crippen molar-refractivity contribution in [3.8, 4) is 0 Å². The number of nitrogens with one attached hydrogen (secondary N) is 1. The van der Waals surface area contributed by atoms with E-state index in [0.29, 0.717) is 0 Å². The maximum absolute atomic E-state index is 11.5. The molecule has 1 aliphatic rings. The Bertz CT molecular complexity index is 491.